The number of hydrogen-bond donors (Lipinski definition) is 2. The second kappa shape index (κ2) is 8.62. The molecule has 0 aliphatic carbocycles. The minimum Gasteiger partial charge on any atom is -0.394 e. The summed E-state index contributed by atoms with van der Waals surface area (Å²) >= 11 is 0. The minimum atomic E-state index is -2.80. The van der Waals surface area contributed by atoms with Gasteiger partial charge in [0.15, 0.2) is 0 Å². The number of aliphatic hydroxyl groups excluding tert-OH is 2. The Hall–Kier alpha value is -1.17. The van der Waals surface area contributed by atoms with E-state index in [-0.39, 0.29) is 18.4 Å². The molecule has 4 nitrogen and oxygen atoms in total. The van der Waals surface area contributed by atoms with Crippen LogP contribution >= 0.6 is 0 Å². The van der Waals surface area contributed by atoms with Gasteiger partial charge < -0.3 is 10.2 Å². The van der Waals surface area contributed by atoms with Crippen molar-refractivity contribution in [3.8, 4) is 0 Å². The molecule has 130 valence electrons. The van der Waals surface area contributed by atoms with Gasteiger partial charge in [-0.25, -0.2) is 8.57 Å². The van der Waals surface area contributed by atoms with E-state index in [2.05, 4.69) is 4.36 Å². The van der Waals surface area contributed by atoms with Crippen LogP contribution in [0, 0.1) is 18.8 Å². The molecule has 0 radical (unpaired) electrons. The fourth-order valence-electron chi connectivity index (χ4n) is 1.87. The van der Waals surface area contributed by atoms with Crippen LogP contribution in [0.25, 0.3) is 0 Å². The molecule has 1 aromatic rings. The lowest BCUT2D eigenvalue weighted by Crippen LogP contribution is -2.20. The highest BCUT2D eigenvalue weighted by Crippen LogP contribution is 2.21. The number of nitrogens with zero attached hydrogens (tertiary/aromatic N) is 1. The molecule has 0 aliphatic rings. The second-order valence-corrected chi connectivity index (χ2v) is 8.50. The summed E-state index contributed by atoms with van der Waals surface area (Å²) in [5.41, 5.74) is 1.08. The standard InChI is InChI=1S/C18H29NO3S/c1-13(2)18(12-20)19-23(22,11-10-15(4)16(5)21)17-8-6-14(3)7-9-17/h6-11,13,15-16,18,20-21H,12H2,1-5H3/b11-10+/t15-,16+,18-,23?/m1/s1. The molecule has 1 aromatic carbocycles. The average Bonchev–Trinajstić information content (AvgIpc) is 2.50. The number of benzene rings is 1. The van der Waals surface area contributed by atoms with Crippen molar-refractivity contribution < 1.29 is 14.4 Å². The summed E-state index contributed by atoms with van der Waals surface area (Å²) in [7, 11) is -2.80. The van der Waals surface area contributed by atoms with E-state index in [0.717, 1.165) is 5.56 Å². The highest BCUT2D eigenvalue weighted by Gasteiger charge is 2.17. The first-order valence-electron chi connectivity index (χ1n) is 7.99. The molecule has 0 fully saturated rings. The van der Waals surface area contributed by atoms with E-state index in [1.54, 1.807) is 18.4 Å². The quantitative estimate of drug-likeness (QED) is 0.800. The van der Waals surface area contributed by atoms with Crippen molar-refractivity contribution in [2.75, 3.05) is 6.61 Å². The lowest BCUT2D eigenvalue weighted by Gasteiger charge is -2.17. The molecule has 0 bridgehead atoms. The first-order valence-corrected chi connectivity index (χ1v) is 9.57. The van der Waals surface area contributed by atoms with Gasteiger partial charge >= 0.3 is 0 Å². The molecular formula is C18H29NO3S. The van der Waals surface area contributed by atoms with E-state index >= 15 is 0 Å². The Morgan fingerprint density at radius 2 is 1.74 bits per heavy atom. The maximum absolute atomic E-state index is 13.5. The molecule has 4 atom stereocenters. The first kappa shape index (κ1) is 19.9. The third kappa shape index (κ3) is 5.75. The Morgan fingerprint density at radius 3 is 2.17 bits per heavy atom. The summed E-state index contributed by atoms with van der Waals surface area (Å²) in [6.45, 7) is 9.29. The Bertz CT molecular complexity index is 626. The lowest BCUT2D eigenvalue weighted by atomic mass is 10.1. The van der Waals surface area contributed by atoms with E-state index in [1.807, 2.05) is 52.0 Å². The molecule has 0 heterocycles. The van der Waals surface area contributed by atoms with Crippen molar-refractivity contribution in [2.24, 2.45) is 16.2 Å². The summed E-state index contributed by atoms with van der Waals surface area (Å²) in [4.78, 5) is 0.622. The largest absolute Gasteiger partial charge is 0.394 e. The molecule has 1 unspecified atom stereocenters. The first-order chi connectivity index (χ1) is 10.7. The van der Waals surface area contributed by atoms with Crippen LogP contribution in [-0.4, -0.2) is 33.2 Å². The zero-order valence-electron chi connectivity index (χ0n) is 14.6. The predicted molar refractivity (Wildman–Crippen MR) is 95.7 cm³/mol. The average molecular weight is 340 g/mol. The van der Waals surface area contributed by atoms with E-state index in [9.17, 15) is 14.4 Å². The van der Waals surface area contributed by atoms with Gasteiger partial charge in [0, 0.05) is 11.3 Å². The SMILES string of the molecule is Cc1ccc(S(=O)(/C=C/[C@@H](C)[C@H](C)O)=N[C@H](CO)C(C)C)cc1. The summed E-state index contributed by atoms with van der Waals surface area (Å²) in [6, 6.07) is 7.04. The van der Waals surface area contributed by atoms with E-state index < -0.39 is 21.9 Å². The van der Waals surface area contributed by atoms with Crippen molar-refractivity contribution in [3.63, 3.8) is 0 Å². The van der Waals surface area contributed by atoms with Gasteiger partial charge in [0.05, 0.1) is 33.4 Å². The van der Waals surface area contributed by atoms with Crippen molar-refractivity contribution in [2.45, 2.75) is 51.7 Å². The van der Waals surface area contributed by atoms with Gasteiger partial charge in [-0.05, 0) is 31.9 Å². The molecule has 0 aromatic heterocycles. The molecular weight excluding hydrogens is 310 g/mol. The van der Waals surface area contributed by atoms with E-state index in [1.165, 1.54) is 0 Å². The van der Waals surface area contributed by atoms with Crippen LogP contribution in [0.1, 0.15) is 33.3 Å². The third-order valence-electron chi connectivity index (χ3n) is 3.93. The lowest BCUT2D eigenvalue weighted by molar-refractivity contribution is 0.157. The van der Waals surface area contributed by atoms with Gasteiger partial charge in [-0.2, -0.15) is 0 Å². The van der Waals surface area contributed by atoms with Crippen molar-refractivity contribution in [1.29, 1.82) is 0 Å². The van der Waals surface area contributed by atoms with Gasteiger partial charge in [-0.3, -0.25) is 0 Å². The second-order valence-electron chi connectivity index (χ2n) is 6.41. The summed E-state index contributed by atoms with van der Waals surface area (Å²) in [5, 5.41) is 20.7. The monoisotopic (exact) mass is 339 g/mol. The van der Waals surface area contributed by atoms with Crippen LogP contribution in [0.15, 0.2) is 45.0 Å². The highest BCUT2D eigenvalue weighted by molar-refractivity contribution is 7.96. The zero-order valence-corrected chi connectivity index (χ0v) is 15.5. The zero-order chi connectivity index (χ0) is 17.6. The summed E-state index contributed by atoms with van der Waals surface area (Å²) in [5.74, 6) is -0.0306. The predicted octanol–water partition coefficient (Wildman–Crippen LogP) is 3.37. The number of hydrogen-bond acceptors (Lipinski definition) is 4. The highest BCUT2D eigenvalue weighted by atomic mass is 32.2. The fraction of sp³-hybridized carbons (Fsp3) is 0.556. The number of aliphatic hydroxyl groups is 2. The molecule has 0 saturated heterocycles. The van der Waals surface area contributed by atoms with Crippen LogP contribution < -0.4 is 0 Å². The van der Waals surface area contributed by atoms with Gasteiger partial charge in [0.2, 0.25) is 0 Å². The molecule has 2 N–H and O–H groups in total. The third-order valence-corrected chi connectivity index (χ3v) is 5.99. The smallest absolute Gasteiger partial charge is 0.0969 e. The molecule has 0 saturated carbocycles. The van der Waals surface area contributed by atoms with Gasteiger partial charge in [-0.1, -0.05) is 44.5 Å². The van der Waals surface area contributed by atoms with Gasteiger partial charge in [-0.15, -0.1) is 0 Å². The number of rotatable bonds is 7. The van der Waals surface area contributed by atoms with Crippen LogP contribution in [0.5, 0.6) is 0 Å². The molecule has 0 spiro atoms. The van der Waals surface area contributed by atoms with E-state index in [4.69, 9.17) is 0 Å². The molecule has 23 heavy (non-hydrogen) atoms. The number of aryl methyl sites for hydroxylation is 1. The molecule has 0 aliphatic heterocycles. The Morgan fingerprint density at radius 1 is 1.17 bits per heavy atom. The molecule has 5 heteroatoms. The van der Waals surface area contributed by atoms with Crippen LogP contribution in [0.3, 0.4) is 0 Å². The maximum atomic E-state index is 13.5. The fourth-order valence-corrected chi connectivity index (χ4v) is 3.91. The van der Waals surface area contributed by atoms with Crippen LogP contribution in [0.2, 0.25) is 0 Å². The molecule has 0 amide bonds. The minimum absolute atomic E-state index is 0.0915. The summed E-state index contributed by atoms with van der Waals surface area (Å²) in [6.07, 6.45) is 1.22. The topological polar surface area (TPSA) is 69.9 Å². The van der Waals surface area contributed by atoms with E-state index in [0.29, 0.717) is 4.90 Å². The van der Waals surface area contributed by atoms with Crippen molar-refractivity contribution in [3.05, 3.63) is 41.3 Å². The van der Waals surface area contributed by atoms with Gasteiger partial charge in [0.25, 0.3) is 0 Å². The van der Waals surface area contributed by atoms with Gasteiger partial charge in [0.1, 0.15) is 0 Å². The van der Waals surface area contributed by atoms with Crippen LogP contribution in [-0.2, 0) is 9.73 Å². The Kier molecular flexibility index (Phi) is 7.45. The van der Waals surface area contributed by atoms with Crippen molar-refractivity contribution >= 4 is 9.73 Å². The van der Waals surface area contributed by atoms with Crippen LogP contribution in [0.4, 0.5) is 0 Å². The Labute approximate surface area is 140 Å². The maximum Gasteiger partial charge on any atom is 0.0969 e. The molecule has 1 rings (SSSR count). The Balaban J connectivity index is 3.38. The summed E-state index contributed by atoms with van der Waals surface area (Å²) < 4.78 is 17.9. The normalized spacial score (nSPS) is 18.6. The van der Waals surface area contributed by atoms with Crippen molar-refractivity contribution in [1.82, 2.24) is 0 Å².